The monoisotopic (exact) mass is 494 g/mol. The first kappa shape index (κ1) is 21.9. The number of benzene rings is 1. The molecule has 0 unspecified atom stereocenters. The highest BCUT2D eigenvalue weighted by molar-refractivity contribution is 14.0. The van der Waals surface area contributed by atoms with Crippen LogP contribution in [0.4, 0.5) is 0 Å². The van der Waals surface area contributed by atoms with Gasteiger partial charge in [0.05, 0.1) is 11.4 Å². The molecule has 0 aliphatic rings. The highest BCUT2D eigenvalue weighted by Gasteiger charge is 2.08. The molecular weight excluding hydrogens is 471 g/mol. The highest BCUT2D eigenvalue weighted by Crippen LogP contribution is 2.16. The summed E-state index contributed by atoms with van der Waals surface area (Å²) in [7, 11) is -1.99. The lowest BCUT2D eigenvalue weighted by molar-refractivity contribution is 0.597. The number of nitrogens with two attached hydrogens (primary N) is 1. The lowest BCUT2D eigenvalue weighted by Crippen LogP contribution is -2.36. The van der Waals surface area contributed by atoms with Crippen LogP contribution < -0.4 is 15.8 Å². The van der Waals surface area contributed by atoms with Crippen molar-refractivity contribution in [3.05, 3.63) is 51.7 Å². The minimum Gasteiger partial charge on any atom is -0.352 e. The van der Waals surface area contributed by atoms with Crippen molar-refractivity contribution in [3.63, 3.8) is 0 Å². The van der Waals surface area contributed by atoms with Crippen molar-refractivity contribution in [1.29, 1.82) is 0 Å². The summed E-state index contributed by atoms with van der Waals surface area (Å²) in [6.45, 7) is 3.29. The first-order valence-corrected chi connectivity index (χ1v) is 9.92. The normalized spacial score (nSPS) is 11.7. The van der Waals surface area contributed by atoms with Crippen LogP contribution in [-0.4, -0.2) is 21.4 Å². The number of hydrogen-bond donors (Lipinski definition) is 3. The van der Waals surface area contributed by atoms with Crippen molar-refractivity contribution < 1.29 is 8.42 Å². The number of nitrogens with one attached hydrogen (secondary N) is 2. The van der Waals surface area contributed by atoms with Gasteiger partial charge in [0.2, 0.25) is 10.0 Å². The molecular formula is C16H23IN4O2S2. The first-order chi connectivity index (χ1) is 11.4. The van der Waals surface area contributed by atoms with Gasteiger partial charge in [0.15, 0.2) is 5.96 Å². The number of guanidine groups is 1. The Hall–Kier alpha value is -1.17. The summed E-state index contributed by atoms with van der Waals surface area (Å²) < 4.78 is 22.8. The van der Waals surface area contributed by atoms with Gasteiger partial charge < -0.3 is 10.6 Å². The van der Waals surface area contributed by atoms with E-state index in [2.05, 4.69) is 34.7 Å². The lowest BCUT2D eigenvalue weighted by Gasteiger charge is -2.11. The van der Waals surface area contributed by atoms with E-state index in [9.17, 15) is 8.42 Å². The van der Waals surface area contributed by atoms with Gasteiger partial charge in [-0.1, -0.05) is 19.1 Å². The van der Waals surface area contributed by atoms with Crippen LogP contribution in [0, 0.1) is 0 Å². The second-order valence-electron chi connectivity index (χ2n) is 5.19. The maximum Gasteiger partial charge on any atom is 0.238 e. The fraction of sp³-hybridized carbons (Fsp3) is 0.312. The number of sulfonamides is 1. The maximum absolute atomic E-state index is 11.4. The van der Waals surface area contributed by atoms with E-state index >= 15 is 0 Å². The Kier molecular flexibility index (Phi) is 8.83. The topological polar surface area (TPSA) is 96.6 Å². The molecule has 0 saturated heterocycles. The van der Waals surface area contributed by atoms with Crippen LogP contribution in [0.25, 0.3) is 0 Å². The van der Waals surface area contributed by atoms with Crippen LogP contribution in [-0.2, 0) is 29.5 Å². The average Bonchev–Trinajstić information content (AvgIpc) is 3.02. The van der Waals surface area contributed by atoms with Crippen molar-refractivity contribution in [2.45, 2.75) is 31.3 Å². The van der Waals surface area contributed by atoms with Crippen LogP contribution in [0.3, 0.4) is 0 Å². The van der Waals surface area contributed by atoms with E-state index < -0.39 is 10.0 Å². The largest absolute Gasteiger partial charge is 0.352 e. The van der Waals surface area contributed by atoms with Crippen molar-refractivity contribution in [2.75, 3.05) is 7.05 Å². The molecule has 0 bridgehead atoms. The third-order valence-electron chi connectivity index (χ3n) is 3.41. The Morgan fingerprint density at radius 3 is 2.44 bits per heavy atom. The molecule has 6 nitrogen and oxygen atoms in total. The zero-order chi connectivity index (χ0) is 17.6. The summed E-state index contributed by atoms with van der Waals surface area (Å²) in [6, 6.07) is 10.8. The summed E-state index contributed by atoms with van der Waals surface area (Å²) in [4.78, 5) is 6.88. The van der Waals surface area contributed by atoms with E-state index in [0.29, 0.717) is 19.0 Å². The van der Waals surface area contributed by atoms with Crippen molar-refractivity contribution in [2.24, 2.45) is 10.1 Å². The molecule has 0 aliphatic heterocycles. The highest BCUT2D eigenvalue weighted by atomic mass is 127. The quantitative estimate of drug-likeness (QED) is 0.327. The number of halogens is 1. The number of nitrogens with zero attached hydrogens (tertiary/aromatic N) is 1. The summed E-state index contributed by atoms with van der Waals surface area (Å²) in [6.07, 6.45) is 1.04. The molecule has 0 fully saturated rings. The van der Waals surface area contributed by atoms with Gasteiger partial charge in [-0.2, -0.15) is 0 Å². The molecule has 0 spiro atoms. The van der Waals surface area contributed by atoms with Crippen LogP contribution in [0.15, 0.2) is 46.3 Å². The van der Waals surface area contributed by atoms with Crippen molar-refractivity contribution in [3.8, 4) is 0 Å². The standard InChI is InChI=1S/C16H22N4O2S2.HI/c1-3-13-7-8-14(23-13)11-20-16(18-2)19-10-12-5-4-6-15(9-12)24(17,21)22;/h4-9H,3,10-11H2,1-2H3,(H2,17,21,22)(H2,18,19,20);1H. The molecule has 0 amide bonds. The fourth-order valence-electron chi connectivity index (χ4n) is 2.12. The predicted molar refractivity (Wildman–Crippen MR) is 114 cm³/mol. The summed E-state index contributed by atoms with van der Waals surface area (Å²) in [5.41, 5.74) is 0.814. The summed E-state index contributed by atoms with van der Waals surface area (Å²) >= 11 is 1.78. The third kappa shape index (κ3) is 6.92. The van der Waals surface area contributed by atoms with Gasteiger partial charge in [0, 0.05) is 23.3 Å². The smallest absolute Gasteiger partial charge is 0.238 e. The summed E-state index contributed by atoms with van der Waals surface area (Å²) in [5.74, 6) is 0.655. The van der Waals surface area contributed by atoms with Crippen molar-refractivity contribution in [1.82, 2.24) is 10.6 Å². The van der Waals surface area contributed by atoms with Crippen LogP contribution in [0.1, 0.15) is 22.2 Å². The Labute approximate surface area is 170 Å². The van der Waals surface area contributed by atoms with Gasteiger partial charge in [0.25, 0.3) is 0 Å². The number of hydrogen-bond acceptors (Lipinski definition) is 4. The van der Waals surface area contributed by atoms with E-state index in [1.165, 1.54) is 15.8 Å². The van der Waals surface area contributed by atoms with E-state index in [-0.39, 0.29) is 28.9 Å². The van der Waals surface area contributed by atoms with Crippen LogP contribution in [0.2, 0.25) is 0 Å². The minimum atomic E-state index is -3.69. The zero-order valence-corrected chi connectivity index (χ0v) is 18.1. The molecule has 1 heterocycles. The van der Waals surface area contributed by atoms with Gasteiger partial charge in [-0.15, -0.1) is 35.3 Å². The van der Waals surface area contributed by atoms with Crippen LogP contribution >= 0.6 is 35.3 Å². The molecule has 2 rings (SSSR count). The number of primary sulfonamides is 1. The SMILES string of the molecule is CCc1ccc(CNC(=NC)NCc2cccc(S(N)(=O)=O)c2)s1.I. The zero-order valence-electron chi connectivity index (χ0n) is 14.2. The molecule has 0 radical (unpaired) electrons. The van der Waals surface area contributed by atoms with Crippen LogP contribution in [0.5, 0.6) is 0 Å². The average molecular weight is 494 g/mol. The molecule has 138 valence electrons. The maximum atomic E-state index is 11.4. The molecule has 9 heteroatoms. The minimum absolute atomic E-state index is 0. The molecule has 0 aliphatic carbocycles. The predicted octanol–water partition coefficient (Wildman–Crippen LogP) is 2.44. The van der Waals surface area contributed by atoms with E-state index in [0.717, 1.165) is 12.0 Å². The fourth-order valence-corrected chi connectivity index (χ4v) is 3.60. The molecule has 1 aromatic heterocycles. The molecule has 2 aromatic rings. The van der Waals surface area contributed by atoms with Gasteiger partial charge in [-0.25, -0.2) is 13.6 Å². The second-order valence-corrected chi connectivity index (χ2v) is 8.01. The third-order valence-corrected chi connectivity index (χ3v) is 5.55. The Bertz CT molecular complexity index is 819. The van der Waals surface area contributed by atoms with Gasteiger partial charge in [-0.05, 0) is 36.2 Å². The molecule has 1 aromatic carbocycles. The Morgan fingerprint density at radius 2 is 1.84 bits per heavy atom. The second kappa shape index (κ2) is 10.1. The van der Waals surface area contributed by atoms with Gasteiger partial charge in [0.1, 0.15) is 0 Å². The number of aliphatic imine (C=N–C) groups is 1. The number of thiophene rings is 1. The Balaban J connectivity index is 0.00000312. The number of aryl methyl sites for hydroxylation is 1. The lowest BCUT2D eigenvalue weighted by atomic mass is 10.2. The molecule has 0 atom stereocenters. The van der Waals surface area contributed by atoms with Crippen molar-refractivity contribution >= 4 is 51.3 Å². The molecule has 4 N–H and O–H groups in total. The van der Waals surface area contributed by atoms with Gasteiger partial charge in [-0.3, -0.25) is 4.99 Å². The molecule has 25 heavy (non-hydrogen) atoms. The summed E-state index contributed by atoms with van der Waals surface area (Å²) in [5, 5.41) is 11.6. The van der Waals surface area contributed by atoms with Gasteiger partial charge >= 0.3 is 0 Å². The number of rotatable bonds is 6. The first-order valence-electron chi connectivity index (χ1n) is 7.56. The van der Waals surface area contributed by atoms with E-state index in [1.54, 1.807) is 30.5 Å². The van der Waals surface area contributed by atoms with E-state index in [1.807, 2.05) is 6.07 Å². The molecule has 0 saturated carbocycles. The Morgan fingerprint density at radius 1 is 1.16 bits per heavy atom. The van der Waals surface area contributed by atoms with E-state index in [4.69, 9.17) is 5.14 Å².